The molecule has 1 saturated heterocycles. The fraction of sp³-hybridized carbons (Fsp3) is 0.600. The molecule has 0 amide bonds. The minimum Gasteiger partial charge on any atom is -0.465 e. The summed E-state index contributed by atoms with van der Waals surface area (Å²) in [5.74, 6) is 1.24. The van der Waals surface area contributed by atoms with E-state index in [0.29, 0.717) is 10.7 Å². The van der Waals surface area contributed by atoms with Crippen molar-refractivity contribution in [3.63, 3.8) is 0 Å². The highest BCUT2D eigenvalue weighted by molar-refractivity contribution is 7.80. The van der Waals surface area contributed by atoms with E-state index in [4.69, 9.17) is 17.0 Å². The number of ether oxygens (including phenoxy) is 1. The first kappa shape index (κ1) is 20.6. The molecule has 26 heavy (non-hydrogen) atoms. The lowest BCUT2D eigenvalue weighted by Crippen LogP contribution is -2.40. The molecule has 1 fully saturated rings. The van der Waals surface area contributed by atoms with Gasteiger partial charge in [0.25, 0.3) is 0 Å². The van der Waals surface area contributed by atoms with Crippen LogP contribution >= 0.6 is 12.2 Å². The third-order valence-electron chi connectivity index (χ3n) is 4.87. The van der Waals surface area contributed by atoms with E-state index in [9.17, 15) is 4.79 Å². The second kappa shape index (κ2) is 9.88. The lowest BCUT2D eigenvalue weighted by atomic mass is 9.92. The van der Waals surface area contributed by atoms with Crippen molar-refractivity contribution in [2.45, 2.75) is 33.6 Å². The summed E-state index contributed by atoms with van der Waals surface area (Å²) in [7, 11) is 1.39. The van der Waals surface area contributed by atoms with E-state index in [1.54, 1.807) is 6.07 Å². The van der Waals surface area contributed by atoms with Crippen molar-refractivity contribution < 1.29 is 9.53 Å². The van der Waals surface area contributed by atoms with Crippen molar-refractivity contribution in [3.8, 4) is 0 Å². The average molecular weight is 378 g/mol. The van der Waals surface area contributed by atoms with Crippen molar-refractivity contribution in [1.29, 1.82) is 0 Å². The van der Waals surface area contributed by atoms with E-state index in [-0.39, 0.29) is 5.97 Å². The molecule has 1 heterocycles. The van der Waals surface area contributed by atoms with E-state index in [2.05, 4.69) is 29.4 Å². The van der Waals surface area contributed by atoms with Gasteiger partial charge in [-0.05, 0) is 68.1 Å². The smallest absolute Gasteiger partial charge is 0.338 e. The summed E-state index contributed by atoms with van der Waals surface area (Å²) in [4.78, 5) is 14.3. The molecule has 0 aliphatic carbocycles. The molecule has 1 aliphatic rings. The van der Waals surface area contributed by atoms with E-state index >= 15 is 0 Å². The first-order chi connectivity index (χ1) is 12.4. The van der Waals surface area contributed by atoms with Gasteiger partial charge in [-0.1, -0.05) is 19.9 Å². The van der Waals surface area contributed by atoms with Gasteiger partial charge >= 0.3 is 5.97 Å². The van der Waals surface area contributed by atoms with E-state index < -0.39 is 0 Å². The van der Waals surface area contributed by atoms with Crippen molar-refractivity contribution in [1.82, 2.24) is 10.2 Å². The number of benzene rings is 1. The predicted octanol–water partition coefficient (Wildman–Crippen LogP) is 3.44. The Labute approximate surface area is 162 Å². The normalized spacial score (nSPS) is 20.5. The number of piperidine rings is 1. The maximum absolute atomic E-state index is 11.8. The standard InChI is InChI=1S/C20H31N3O2S/c1-14-11-15(2)13-23(12-14)10-6-9-21-20(26)22-18-8-5-7-17(16(18)3)19(24)25-4/h5,7-8,14-15H,6,9-13H2,1-4H3,(H2,21,22,26). The number of nitrogens with one attached hydrogen (secondary N) is 2. The zero-order valence-corrected chi connectivity index (χ0v) is 17.1. The number of carbonyl (C=O) groups is 1. The maximum atomic E-state index is 11.8. The molecule has 0 radical (unpaired) electrons. The van der Waals surface area contributed by atoms with Gasteiger partial charge in [-0.3, -0.25) is 0 Å². The second-order valence-electron chi connectivity index (χ2n) is 7.41. The highest BCUT2D eigenvalue weighted by atomic mass is 32.1. The van der Waals surface area contributed by atoms with Crippen LogP contribution in [0, 0.1) is 18.8 Å². The second-order valence-corrected chi connectivity index (χ2v) is 7.82. The molecule has 5 nitrogen and oxygen atoms in total. The number of anilines is 1. The molecule has 6 heteroatoms. The molecule has 2 rings (SSSR count). The van der Waals surface area contributed by atoms with Crippen molar-refractivity contribution in [2.24, 2.45) is 11.8 Å². The predicted molar refractivity (Wildman–Crippen MR) is 111 cm³/mol. The zero-order chi connectivity index (χ0) is 19.1. The van der Waals surface area contributed by atoms with E-state index in [0.717, 1.165) is 42.6 Å². The van der Waals surface area contributed by atoms with Gasteiger partial charge in [0.1, 0.15) is 0 Å². The Morgan fingerprint density at radius 2 is 2.00 bits per heavy atom. The minimum atomic E-state index is -0.338. The van der Waals surface area contributed by atoms with Gasteiger partial charge in [-0.15, -0.1) is 0 Å². The topological polar surface area (TPSA) is 53.6 Å². The number of esters is 1. The van der Waals surface area contributed by atoms with Crippen LogP contribution in [0.3, 0.4) is 0 Å². The van der Waals surface area contributed by atoms with Crippen LogP contribution in [0.15, 0.2) is 18.2 Å². The highest BCUT2D eigenvalue weighted by Crippen LogP contribution is 2.21. The number of methoxy groups -OCH3 is 1. The highest BCUT2D eigenvalue weighted by Gasteiger charge is 2.21. The van der Waals surface area contributed by atoms with Gasteiger partial charge in [0.05, 0.1) is 12.7 Å². The molecule has 1 aromatic carbocycles. The number of carbonyl (C=O) groups excluding carboxylic acids is 1. The molecular weight excluding hydrogens is 346 g/mol. The van der Waals surface area contributed by atoms with Crippen LogP contribution < -0.4 is 10.6 Å². The van der Waals surface area contributed by atoms with Crippen molar-refractivity contribution in [2.75, 3.05) is 38.6 Å². The quantitative estimate of drug-likeness (QED) is 0.450. The van der Waals surface area contributed by atoms with Gasteiger partial charge < -0.3 is 20.3 Å². The Morgan fingerprint density at radius 1 is 1.31 bits per heavy atom. The molecule has 1 aliphatic heterocycles. The number of rotatable bonds is 6. The van der Waals surface area contributed by atoms with Gasteiger partial charge in [-0.25, -0.2) is 4.79 Å². The molecule has 0 aromatic heterocycles. The minimum absolute atomic E-state index is 0.338. The van der Waals surface area contributed by atoms with Crippen molar-refractivity contribution in [3.05, 3.63) is 29.3 Å². The molecule has 0 spiro atoms. The van der Waals surface area contributed by atoms with Gasteiger partial charge in [0.2, 0.25) is 0 Å². The molecular formula is C20H31N3O2S. The van der Waals surface area contributed by atoms with Crippen LogP contribution in [-0.2, 0) is 4.74 Å². The van der Waals surface area contributed by atoms with Gasteiger partial charge in [0.15, 0.2) is 5.11 Å². The zero-order valence-electron chi connectivity index (χ0n) is 16.3. The summed E-state index contributed by atoms with van der Waals surface area (Å²) in [6, 6.07) is 5.48. The summed E-state index contributed by atoms with van der Waals surface area (Å²) >= 11 is 5.39. The Bertz CT molecular complexity index is 625. The number of nitrogens with zero attached hydrogens (tertiary/aromatic N) is 1. The lowest BCUT2D eigenvalue weighted by molar-refractivity contribution is 0.0600. The molecule has 1 aromatic rings. The summed E-state index contributed by atoms with van der Waals surface area (Å²) in [6.07, 6.45) is 2.40. The average Bonchev–Trinajstić information content (AvgIpc) is 2.59. The molecule has 0 saturated carbocycles. The van der Waals surface area contributed by atoms with Gasteiger partial charge in [-0.2, -0.15) is 0 Å². The summed E-state index contributed by atoms with van der Waals surface area (Å²) in [5, 5.41) is 7.02. The molecule has 2 N–H and O–H groups in total. The molecule has 2 unspecified atom stereocenters. The summed E-state index contributed by atoms with van der Waals surface area (Å²) < 4.78 is 4.81. The van der Waals surface area contributed by atoms with Crippen LogP contribution in [0.5, 0.6) is 0 Å². The molecule has 2 atom stereocenters. The Morgan fingerprint density at radius 3 is 2.65 bits per heavy atom. The molecule has 0 bridgehead atoms. The third-order valence-corrected chi connectivity index (χ3v) is 5.11. The lowest BCUT2D eigenvalue weighted by Gasteiger charge is -2.35. The fourth-order valence-corrected chi connectivity index (χ4v) is 3.96. The first-order valence-corrected chi connectivity index (χ1v) is 9.76. The van der Waals surface area contributed by atoms with Crippen LogP contribution in [0.25, 0.3) is 0 Å². The monoisotopic (exact) mass is 377 g/mol. The first-order valence-electron chi connectivity index (χ1n) is 9.35. The van der Waals surface area contributed by atoms with Crippen LogP contribution in [0.2, 0.25) is 0 Å². The SMILES string of the molecule is COC(=O)c1cccc(NC(=S)NCCCN2CC(C)CC(C)C2)c1C. The van der Waals surface area contributed by atoms with Crippen molar-refractivity contribution >= 4 is 29.0 Å². The number of hydrogen-bond acceptors (Lipinski definition) is 4. The Balaban J connectivity index is 1.76. The maximum Gasteiger partial charge on any atom is 0.338 e. The van der Waals surface area contributed by atoms with Crippen LogP contribution in [0.4, 0.5) is 5.69 Å². The largest absolute Gasteiger partial charge is 0.465 e. The number of hydrogen-bond donors (Lipinski definition) is 2. The Hall–Kier alpha value is -1.66. The summed E-state index contributed by atoms with van der Waals surface area (Å²) in [6.45, 7) is 10.9. The third kappa shape index (κ3) is 5.95. The Kier molecular flexibility index (Phi) is 7.85. The van der Waals surface area contributed by atoms with Crippen LogP contribution in [0.1, 0.15) is 42.6 Å². The van der Waals surface area contributed by atoms with E-state index in [1.807, 2.05) is 19.1 Å². The number of thiocarbonyl (C=S) groups is 1. The molecule has 144 valence electrons. The summed E-state index contributed by atoms with van der Waals surface area (Å²) in [5.41, 5.74) is 2.21. The van der Waals surface area contributed by atoms with Crippen LogP contribution in [-0.4, -0.2) is 49.3 Å². The van der Waals surface area contributed by atoms with E-state index in [1.165, 1.54) is 26.6 Å². The fourth-order valence-electron chi connectivity index (χ4n) is 3.75. The number of likely N-dealkylation sites (tertiary alicyclic amines) is 1. The van der Waals surface area contributed by atoms with Gasteiger partial charge in [0, 0.05) is 25.3 Å².